The number of fused-ring (bicyclic) bond motifs is 1. The fourth-order valence-corrected chi connectivity index (χ4v) is 10.8. The van der Waals surface area contributed by atoms with Gasteiger partial charge in [0, 0.05) is 17.9 Å². The van der Waals surface area contributed by atoms with E-state index in [9.17, 15) is 4.79 Å². The number of carbonyl (C=O) groups excluding carboxylic acids is 1. The predicted octanol–water partition coefficient (Wildman–Crippen LogP) is 5.10. The van der Waals surface area contributed by atoms with Crippen LogP contribution in [0.5, 0.6) is 0 Å². The van der Waals surface area contributed by atoms with Crippen LogP contribution in [0.25, 0.3) is 0 Å². The van der Waals surface area contributed by atoms with Crippen molar-refractivity contribution in [2.45, 2.75) is 58.1 Å². The van der Waals surface area contributed by atoms with Gasteiger partial charge >= 0.3 is 5.97 Å². The first-order chi connectivity index (χ1) is 15.1. The Morgan fingerprint density at radius 2 is 1.59 bits per heavy atom. The van der Waals surface area contributed by atoms with Crippen LogP contribution in [0, 0.1) is 17.3 Å². The molecule has 0 bridgehead atoms. The monoisotopic (exact) mass is 448 g/mol. The van der Waals surface area contributed by atoms with Crippen LogP contribution in [-0.4, -0.2) is 26.5 Å². The van der Waals surface area contributed by atoms with Crippen LogP contribution in [0.2, 0.25) is 5.04 Å². The van der Waals surface area contributed by atoms with Crippen LogP contribution in [0.15, 0.2) is 73.3 Å². The second kappa shape index (κ2) is 8.00. The number of ether oxygens (including phenoxy) is 1. The van der Waals surface area contributed by atoms with Crippen molar-refractivity contribution in [1.82, 2.24) is 0 Å². The highest BCUT2D eigenvalue weighted by molar-refractivity contribution is 6.99. The maximum absolute atomic E-state index is 12.9. The molecule has 1 aliphatic heterocycles. The standard InChI is InChI=1S/C28H36O3Si/c1-7-28-24(20-27(28,5)6)23(25(29)31-28)18-19-30-32(26(2,3)4,21-14-10-8-11-15-21)22-16-12-9-13-17-22/h7-17,23-24H,1,18-20H2,2-6H3/t23-,24-,28+/m1/s1. The summed E-state index contributed by atoms with van der Waals surface area (Å²) in [6.07, 6.45) is 3.52. The van der Waals surface area contributed by atoms with Crippen molar-refractivity contribution >= 4 is 24.7 Å². The van der Waals surface area contributed by atoms with Crippen LogP contribution >= 0.6 is 0 Å². The normalized spacial score (nSPS) is 26.7. The first-order valence-electron chi connectivity index (χ1n) is 11.7. The zero-order valence-corrected chi connectivity index (χ0v) is 21.1. The van der Waals surface area contributed by atoms with Crippen molar-refractivity contribution in [3.8, 4) is 0 Å². The molecule has 0 aromatic heterocycles. The Morgan fingerprint density at radius 1 is 1.06 bits per heavy atom. The average Bonchev–Trinajstić information content (AvgIpc) is 3.00. The van der Waals surface area contributed by atoms with E-state index in [4.69, 9.17) is 9.16 Å². The van der Waals surface area contributed by atoms with Crippen molar-refractivity contribution in [3.05, 3.63) is 73.3 Å². The first-order valence-corrected chi connectivity index (χ1v) is 13.6. The lowest BCUT2D eigenvalue weighted by atomic mass is 9.50. The fourth-order valence-electron chi connectivity index (χ4n) is 6.18. The minimum absolute atomic E-state index is 0.0529. The Labute approximate surface area is 194 Å². The van der Waals surface area contributed by atoms with Gasteiger partial charge in [0.2, 0.25) is 0 Å². The summed E-state index contributed by atoms with van der Waals surface area (Å²) in [6, 6.07) is 21.3. The summed E-state index contributed by atoms with van der Waals surface area (Å²) in [4.78, 5) is 12.9. The number of benzene rings is 2. The largest absolute Gasteiger partial charge is 0.454 e. The van der Waals surface area contributed by atoms with E-state index in [1.54, 1.807) is 0 Å². The fraction of sp³-hybridized carbons (Fsp3) is 0.464. The SMILES string of the molecule is C=C[C@]12OC(=O)[C@H](CCO[Si](c3ccccc3)(c3ccccc3)C(C)(C)C)[C@H]1CC2(C)C. The van der Waals surface area contributed by atoms with Gasteiger partial charge in [-0.25, -0.2) is 0 Å². The Kier molecular flexibility index (Phi) is 5.75. The highest BCUT2D eigenvalue weighted by Gasteiger charge is 2.69. The van der Waals surface area contributed by atoms with Gasteiger partial charge in [-0.2, -0.15) is 0 Å². The number of rotatable bonds is 7. The molecule has 3 atom stereocenters. The van der Waals surface area contributed by atoms with Crippen molar-refractivity contribution in [2.75, 3.05) is 6.61 Å². The molecule has 0 spiro atoms. The number of hydrogen-bond donors (Lipinski definition) is 0. The summed E-state index contributed by atoms with van der Waals surface area (Å²) in [5.41, 5.74) is -0.575. The molecule has 32 heavy (non-hydrogen) atoms. The molecule has 2 fully saturated rings. The van der Waals surface area contributed by atoms with Crippen LogP contribution in [0.1, 0.15) is 47.5 Å². The lowest BCUT2D eigenvalue weighted by molar-refractivity contribution is -0.173. The molecule has 4 rings (SSSR count). The first kappa shape index (κ1) is 23.0. The minimum atomic E-state index is -2.59. The lowest BCUT2D eigenvalue weighted by Gasteiger charge is -2.55. The minimum Gasteiger partial charge on any atom is -0.454 e. The van der Waals surface area contributed by atoms with Gasteiger partial charge in [-0.1, -0.05) is 102 Å². The van der Waals surface area contributed by atoms with E-state index in [1.165, 1.54) is 10.4 Å². The maximum Gasteiger partial charge on any atom is 0.310 e. The van der Waals surface area contributed by atoms with Crippen LogP contribution < -0.4 is 10.4 Å². The van der Waals surface area contributed by atoms with Gasteiger partial charge < -0.3 is 9.16 Å². The van der Waals surface area contributed by atoms with Crippen LogP contribution in [-0.2, 0) is 14.0 Å². The molecular formula is C28H36O3Si. The van der Waals surface area contributed by atoms with Crippen LogP contribution in [0.3, 0.4) is 0 Å². The Balaban J connectivity index is 1.63. The molecule has 1 aliphatic carbocycles. The third-order valence-electron chi connectivity index (χ3n) is 7.86. The quantitative estimate of drug-likeness (QED) is 0.336. The molecule has 4 heteroatoms. The van der Waals surface area contributed by atoms with E-state index in [0.717, 1.165) is 6.42 Å². The third kappa shape index (κ3) is 3.31. The number of carbonyl (C=O) groups is 1. The molecule has 170 valence electrons. The highest BCUT2D eigenvalue weighted by Crippen LogP contribution is 2.63. The molecule has 0 amide bonds. The van der Waals surface area contributed by atoms with Gasteiger partial charge in [-0.05, 0) is 34.3 Å². The molecule has 2 aliphatic rings. The highest BCUT2D eigenvalue weighted by atomic mass is 28.4. The number of esters is 1. The van der Waals surface area contributed by atoms with Gasteiger partial charge in [0.25, 0.3) is 8.32 Å². The second-order valence-corrected chi connectivity index (χ2v) is 15.3. The van der Waals surface area contributed by atoms with E-state index in [0.29, 0.717) is 13.0 Å². The van der Waals surface area contributed by atoms with E-state index in [-0.39, 0.29) is 28.3 Å². The molecule has 1 heterocycles. The Hall–Kier alpha value is -2.17. The van der Waals surface area contributed by atoms with E-state index >= 15 is 0 Å². The summed E-state index contributed by atoms with van der Waals surface area (Å²) in [5, 5.41) is 2.45. The summed E-state index contributed by atoms with van der Waals surface area (Å²) in [6.45, 7) is 15.7. The maximum atomic E-state index is 12.9. The Bertz CT molecular complexity index is 937. The predicted molar refractivity (Wildman–Crippen MR) is 133 cm³/mol. The molecule has 0 N–H and O–H groups in total. The molecule has 0 radical (unpaired) electrons. The molecule has 3 nitrogen and oxygen atoms in total. The van der Waals surface area contributed by atoms with Gasteiger partial charge in [0.15, 0.2) is 0 Å². The van der Waals surface area contributed by atoms with Crippen LogP contribution in [0.4, 0.5) is 0 Å². The van der Waals surface area contributed by atoms with Gasteiger partial charge in [0.1, 0.15) is 5.60 Å². The molecule has 2 aromatic rings. The molecule has 1 saturated heterocycles. The van der Waals surface area contributed by atoms with Gasteiger partial charge in [0.05, 0.1) is 5.92 Å². The second-order valence-electron chi connectivity index (χ2n) is 11.0. The summed E-state index contributed by atoms with van der Waals surface area (Å²) < 4.78 is 13.0. The van der Waals surface area contributed by atoms with Crippen molar-refractivity contribution in [2.24, 2.45) is 17.3 Å². The summed E-state index contributed by atoms with van der Waals surface area (Å²) in [7, 11) is -2.59. The molecule has 1 saturated carbocycles. The zero-order valence-electron chi connectivity index (χ0n) is 20.1. The summed E-state index contributed by atoms with van der Waals surface area (Å²) >= 11 is 0. The average molecular weight is 449 g/mol. The zero-order chi connectivity index (χ0) is 23.2. The molecule has 0 unspecified atom stereocenters. The number of hydrogen-bond acceptors (Lipinski definition) is 3. The van der Waals surface area contributed by atoms with Crippen molar-refractivity contribution < 1.29 is 14.0 Å². The summed E-state index contributed by atoms with van der Waals surface area (Å²) in [5.74, 6) is -0.0176. The topological polar surface area (TPSA) is 35.5 Å². The van der Waals surface area contributed by atoms with Gasteiger partial charge in [-0.3, -0.25) is 4.79 Å². The van der Waals surface area contributed by atoms with E-state index < -0.39 is 13.9 Å². The van der Waals surface area contributed by atoms with Crippen molar-refractivity contribution in [3.63, 3.8) is 0 Å². The molecule has 2 aromatic carbocycles. The van der Waals surface area contributed by atoms with E-state index in [1.807, 2.05) is 6.08 Å². The third-order valence-corrected chi connectivity index (χ3v) is 12.9. The Morgan fingerprint density at radius 3 is 2.00 bits per heavy atom. The van der Waals surface area contributed by atoms with Crippen molar-refractivity contribution in [1.29, 1.82) is 0 Å². The smallest absolute Gasteiger partial charge is 0.310 e. The van der Waals surface area contributed by atoms with E-state index in [2.05, 4.69) is 102 Å². The molecular weight excluding hydrogens is 412 g/mol. The van der Waals surface area contributed by atoms with Gasteiger partial charge in [-0.15, -0.1) is 0 Å². The lowest BCUT2D eigenvalue weighted by Crippen LogP contribution is -2.66.